The number of hydrogen-bond acceptors (Lipinski definition) is 3. The lowest BCUT2D eigenvalue weighted by Crippen LogP contribution is -2.21. The topological polar surface area (TPSA) is 24.3 Å². The van der Waals surface area contributed by atoms with Crippen molar-refractivity contribution in [2.45, 2.75) is 13.8 Å². The molecule has 0 unspecified atom stereocenters. The lowest BCUT2D eigenvalue weighted by molar-refractivity contribution is 0.866. The minimum Gasteiger partial charge on any atom is -0.378 e. The van der Waals surface area contributed by atoms with Crippen LogP contribution in [0.15, 0.2) is 84.9 Å². The van der Waals surface area contributed by atoms with Crippen molar-refractivity contribution in [3.63, 3.8) is 0 Å². The summed E-state index contributed by atoms with van der Waals surface area (Å²) >= 11 is 0. The van der Waals surface area contributed by atoms with E-state index in [1.165, 1.54) is 11.4 Å². The van der Waals surface area contributed by atoms with Crippen molar-refractivity contribution in [1.29, 1.82) is 0 Å². The van der Waals surface area contributed by atoms with Crippen LogP contribution in [0.3, 0.4) is 0 Å². The van der Waals surface area contributed by atoms with E-state index in [0.29, 0.717) is 0 Å². The highest BCUT2D eigenvalue weighted by atomic mass is 15.3. The number of hydrogen-bond donors (Lipinski definition) is 0. The molecule has 0 aliphatic carbocycles. The van der Waals surface area contributed by atoms with Crippen molar-refractivity contribution >= 4 is 11.4 Å². The van der Waals surface area contributed by atoms with E-state index in [1.54, 1.807) is 0 Å². The summed E-state index contributed by atoms with van der Waals surface area (Å²) in [5.74, 6) is 0. The highest BCUT2D eigenvalue weighted by molar-refractivity contribution is 5.72. The average Bonchev–Trinajstić information content (AvgIpc) is 3.26. The molecule has 1 aromatic heterocycles. The molecule has 0 amide bonds. The van der Waals surface area contributed by atoms with Gasteiger partial charge in [0.05, 0.1) is 17.1 Å². The summed E-state index contributed by atoms with van der Waals surface area (Å²) < 4.78 is 2.04. The first-order chi connectivity index (χ1) is 15.1. The summed E-state index contributed by atoms with van der Waals surface area (Å²) in [5.41, 5.74) is 7.81. The van der Waals surface area contributed by atoms with Crippen LogP contribution < -0.4 is 9.80 Å². The van der Waals surface area contributed by atoms with Crippen LogP contribution in [0.2, 0.25) is 0 Å². The van der Waals surface area contributed by atoms with Crippen LogP contribution in [0.4, 0.5) is 11.4 Å². The molecular weight excluding hydrogens is 380 g/mol. The molecule has 1 heterocycles. The predicted molar refractivity (Wildman–Crippen MR) is 132 cm³/mol. The van der Waals surface area contributed by atoms with Gasteiger partial charge in [0.2, 0.25) is 0 Å². The van der Waals surface area contributed by atoms with E-state index in [-0.39, 0.29) is 0 Å². The maximum absolute atomic E-state index is 4.99. The Balaban J connectivity index is 1.77. The molecule has 0 saturated heterocycles. The van der Waals surface area contributed by atoms with Crippen LogP contribution in [0.25, 0.3) is 28.2 Å². The van der Waals surface area contributed by atoms with Crippen molar-refractivity contribution in [2.75, 3.05) is 37.0 Å². The van der Waals surface area contributed by atoms with Crippen molar-refractivity contribution < 1.29 is 0 Å². The number of benzene rings is 3. The molecule has 0 fully saturated rings. The second kappa shape index (κ2) is 9.09. The lowest BCUT2D eigenvalue weighted by atomic mass is 10.1. The smallest absolute Gasteiger partial charge is 0.0934 e. The molecule has 0 aliphatic heterocycles. The SMILES string of the molecule is CCN(CC)c1ccc(-c2cc(-c3ccc(N(C)C)cc3)n(-c3ccccc3)n2)cc1. The van der Waals surface area contributed by atoms with Gasteiger partial charge in [0, 0.05) is 49.7 Å². The first-order valence-electron chi connectivity index (χ1n) is 10.9. The zero-order valence-corrected chi connectivity index (χ0v) is 18.8. The standard InChI is InChI=1S/C27H30N4/c1-5-30(6-2)24-18-12-21(13-19-24)26-20-27(22-14-16-23(17-15-22)29(3)4)31(28-26)25-10-8-7-9-11-25/h7-20H,5-6H2,1-4H3. The van der Waals surface area contributed by atoms with Gasteiger partial charge < -0.3 is 9.80 Å². The largest absolute Gasteiger partial charge is 0.378 e. The molecule has 0 atom stereocenters. The Hall–Kier alpha value is -3.53. The third kappa shape index (κ3) is 4.33. The molecule has 0 N–H and O–H groups in total. The van der Waals surface area contributed by atoms with E-state index < -0.39 is 0 Å². The summed E-state index contributed by atoms with van der Waals surface area (Å²) in [6.45, 7) is 6.39. The Kier molecular flexibility index (Phi) is 6.08. The Labute approximate surface area is 185 Å². The first kappa shape index (κ1) is 20.7. The van der Waals surface area contributed by atoms with E-state index in [9.17, 15) is 0 Å². The van der Waals surface area contributed by atoms with Crippen molar-refractivity contribution in [1.82, 2.24) is 9.78 Å². The van der Waals surface area contributed by atoms with Crippen molar-refractivity contribution in [3.05, 3.63) is 84.9 Å². The highest BCUT2D eigenvalue weighted by Gasteiger charge is 2.14. The van der Waals surface area contributed by atoms with E-state index >= 15 is 0 Å². The fraction of sp³-hybridized carbons (Fsp3) is 0.222. The normalized spacial score (nSPS) is 10.8. The number of nitrogens with zero attached hydrogens (tertiary/aromatic N) is 4. The maximum Gasteiger partial charge on any atom is 0.0934 e. The molecule has 0 bridgehead atoms. The van der Waals surface area contributed by atoms with Gasteiger partial charge in [-0.3, -0.25) is 0 Å². The van der Waals surface area contributed by atoms with E-state index in [0.717, 1.165) is 41.3 Å². The van der Waals surface area contributed by atoms with E-state index in [1.807, 2.05) is 10.7 Å². The number of para-hydroxylation sites is 1. The molecular formula is C27H30N4. The molecule has 4 rings (SSSR count). The molecule has 0 aliphatic rings. The third-order valence-corrected chi connectivity index (χ3v) is 5.68. The first-order valence-corrected chi connectivity index (χ1v) is 10.9. The van der Waals surface area contributed by atoms with Crippen LogP contribution in [0.1, 0.15) is 13.8 Å². The highest BCUT2D eigenvalue weighted by Crippen LogP contribution is 2.30. The minimum atomic E-state index is 0.974. The van der Waals surface area contributed by atoms with Crippen LogP contribution in [0, 0.1) is 0 Å². The molecule has 4 aromatic rings. The molecule has 0 radical (unpaired) electrons. The molecule has 3 aromatic carbocycles. The molecule has 0 saturated carbocycles. The quantitative estimate of drug-likeness (QED) is 0.367. The van der Waals surface area contributed by atoms with Gasteiger partial charge in [-0.15, -0.1) is 0 Å². The van der Waals surface area contributed by atoms with Crippen LogP contribution in [-0.4, -0.2) is 37.0 Å². The van der Waals surface area contributed by atoms with Gasteiger partial charge in [-0.2, -0.15) is 5.10 Å². The van der Waals surface area contributed by atoms with Crippen molar-refractivity contribution in [2.24, 2.45) is 0 Å². The number of rotatable bonds is 7. The molecule has 4 heteroatoms. The maximum atomic E-state index is 4.99. The van der Waals surface area contributed by atoms with Gasteiger partial charge in [0.1, 0.15) is 0 Å². The van der Waals surface area contributed by atoms with Crippen LogP contribution in [-0.2, 0) is 0 Å². The van der Waals surface area contributed by atoms with E-state index in [2.05, 4.69) is 117 Å². The summed E-state index contributed by atoms with van der Waals surface area (Å²) in [6.07, 6.45) is 0. The second-order valence-corrected chi connectivity index (χ2v) is 7.82. The number of aromatic nitrogens is 2. The fourth-order valence-electron chi connectivity index (χ4n) is 3.86. The molecule has 0 spiro atoms. The number of anilines is 2. The minimum absolute atomic E-state index is 0.974. The lowest BCUT2D eigenvalue weighted by Gasteiger charge is -2.20. The second-order valence-electron chi connectivity index (χ2n) is 7.82. The molecule has 31 heavy (non-hydrogen) atoms. The van der Waals surface area contributed by atoms with Crippen LogP contribution in [0.5, 0.6) is 0 Å². The third-order valence-electron chi connectivity index (χ3n) is 5.68. The molecule has 4 nitrogen and oxygen atoms in total. The van der Waals surface area contributed by atoms with Gasteiger partial charge in [0.25, 0.3) is 0 Å². The zero-order valence-electron chi connectivity index (χ0n) is 18.8. The van der Waals surface area contributed by atoms with Gasteiger partial charge >= 0.3 is 0 Å². The average molecular weight is 411 g/mol. The molecule has 158 valence electrons. The zero-order chi connectivity index (χ0) is 21.8. The van der Waals surface area contributed by atoms with Crippen molar-refractivity contribution in [3.8, 4) is 28.2 Å². The Morgan fingerprint density at radius 2 is 1.29 bits per heavy atom. The monoisotopic (exact) mass is 410 g/mol. The summed E-state index contributed by atoms with van der Waals surface area (Å²) in [4.78, 5) is 4.46. The van der Waals surface area contributed by atoms with Gasteiger partial charge in [-0.1, -0.05) is 42.5 Å². The van der Waals surface area contributed by atoms with Gasteiger partial charge in [-0.25, -0.2) is 4.68 Å². The van der Waals surface area contributed by atoms with Gasteiger partial charge in [0.15, 0.2) is 0 Å². The van der Waals surface area contributed by atoms with E-state index in [4.69, 9.17) is 5.10 Å². The Morgan fingerprint density at radius 1 is 0.710 bits per heavy atom. The van der Waals surface area contributed by atoms with Crippen LogP contribution >= 0.6 is 0 Å². The summed E-state index contributed by atoms with van der Waals surface area (Å²) in [7, 11) is 4.12. The Morgan fingerprint density at radius 3 is 1.87 bits per heavy atom. The predicted octanol–water partition coefficient (Wildman–Crippen LogP) is 6.12. The van der Waals surface area contributed by atoms with Gasteiger partial charge in [-0.05, 0) is 56.3 Å². The Bertz CT molecular complexity index is 1110. The summed E-state index contributed by atoms with van der Waals surface area (Å²) in [6, 6.07) is 29.9. The fourth-order valence-corrected chi connectivity index (χ4v) is 3.86. The summed E-state index contributed by atoms with van der Waals surface area (Å²) in [5, 5.41) is 4.99.